The first-order valence-corrected chi connectivity index (χ1v) is 8.99. The Kier molecular flexibility index (Phi) is 5.89. The predicted molar refractivity (Wildman–Crippen MR) is 103 cm³/mol. The fourth-order valence-electron chi connectivity index (χ4n) is 3.06. The predicted octanol–water partition coefficient (Wildman–Crippen LogP) is 3.59. The van der Waals surface area contributed by atoms with Crippen molar-refractivity contribution in [1.82, 2.24) is 14.7 Å². The van der Waals surface area contributed by atoms with Crippen molar-refractivity contribution in [2.24, 2.45) is 0 Å². The lowest BCUT2D eigenvalue weighted by Crippen LogP contribution is -2.26. The van der Waals surface area contributed by atoms with Gasteiger partial charge in [-0.1, -0.05) is 25.1 Å². The van der Waals surface area contributed by atoms with Crippen LogP contribution in [0.3, 0.4) is 0 Å². The van der Waals surface area contributed by atoms with Crippen LogP contribution in [0.1, 0.15) is 37.1 Å². The lowest BCUT2D eigenvalue weighted by molar-refractivity contribution is -0.121. The van der Waals surface area contributed by atoms with E-state index in [1.54, 1.807) is 7.11 Å². The Bertz CT molecular complexity index is 855. The number of amides is 1. The molecule has 1 aromatic carbocycles. The minimum Gasteiger partial charge on any atom is -0.497 e. The molecule has 26 heavy (non-hydrogen) atoms. The molecule has 1 unspecified atom stereocenters. The van der Waals surface area contributed by atoms with Crippen LogP contribution in [-0.4, -0.2) is 28.9 Å². The van der Waals surface area contributed by atoms with Crippen LogP contribution in [0.2, 0.25) is 0 Å². The van der Waals surface area contributed by atoms with Gasteiger partial charge in [0, 0.05) is 25.6 Å². The molecular weight excluding hydrogens is 326 g/mol. The summed E-state index contributed by atoms with van der Waals surface area (Å²) in [4.78, 5) is 16.6. The van der Waals surface area contributed by atoms with Crippen molar-refractivity contribution in [2.45, 2.75) is 32.1 Å². The number of aryl methyl sites for hydroxylation is 1. The fraction of sp³-hybridized carbons (Fsp3) is 0.333. The van der Waals surface area contributed by atoms with Crippen LogP contribution in [0.15, 0.2) is 54.9 Å². The van der Waals surface area contributed by atoms with Crippen LogP contribution < -0.4 is 10.1 Å². The maximum absolute atomic E-state index is 12.2. The zero-order valence-corrected chi connectivity index (χ0v) is 15.3. The quantitative estimate of drug-likeness (QED) is 0.631. The van der Waals surface area contributed by atoms with Crippen molar-refractivity contribution in [3.63, 3.8) is 0 Å². The first-order chi connectivity index (χ1) is 12.7. The van der Waals surface area contributed by atoms with Crippen LogP contribution in [0.4, 0.5) is 0 Å². The van der Waals surface area contributed by atoms with Gasteiger partial charge in [-0.05, 0) is 42.2 Å². The number of hydrogen-bond acceptors (Lipinski definition) is 3. The van der Waals surface area contributed by atoms with Crippen LogP contribution in [0.5, 0.6) is 5.75 Å². The highest BCUT2D eigenvalue weighted by atomic mass is 16.5. The maximum atomic E-state index is 12.2. The summed E-state index contributed by atoms with van der Waals surface area (Å²) in [5.74, 6) is 2.12. The minimum atomic E-state index is 0.0845. The summed E-state index contributed by atoms with van der Waals surface area (Å²) in [6.45, 7) is 2.73. The third-order valence-electron chi connectivity index (χ3n) is 4.59. The second-order valence-electron chi connectivity index (χ2n) is 6.50. The average Bonchev–Trinajstić information content (AvgIpc) is 3.08. The number of carbonyl (C=O) groups is 1. The third-order valence-corrected chi connectivity index (χ3v) is 4.59. The number of imidazole rings is 1. The number of hydrogen-bond donors (Lipinski definition) is 1. The van der Waals surface area contributed by atoms with Crippen LogP contribution in [0.25, 0.3) is 5.52 Å². The van der Waals surface area contributed by atoms with E-state index in [0.29, 0.717) is 13.0 Å². The van der Waals surface area contributed by atoms with Gasteiger partial charge in [0.1, 0.15) is 11.6 Å². The topological polar surface area (TPSA) is 55.6 Å². The zero-order chi connectivity index (χ0) is 18.4. The molecule has 0 aliphatic heterocycles. The monoisotopic (exact) mass is 351 g/mol. The molecule has 0 saturated heterocycles. The van der Waals surface area contributed by atoms with E-state index >= 15 is 0 Å². The molecule has 0 radical (unpaired) electrons. The van der Waals surface area contributed by atoms with Crippen molar-refractivity contribution in [3.8, 4) is 5.75 Å². The molecule has 5 heteroatoms. The van der Waals surface area contributed by atoms with Crippen molar-refractivity contribution < 1.29 is 9.53 Å². The molecule has 1 amide bonds. The SMILES string of the molecule is COc1ccc(C(C)CC(=O)NCCCc2ncc3ccccn23)cc1. The Balaban J connectivity index is 1.42. The number of carbonyl (C=O) groups excluding carboxylic acids is 1. The number of fused-ring (bicyclic) bond motifs is 1. The fourth-order valence-corrected chi connectivity index (χ4v) is 3.06. The number of rotatable bonds is 8. The minimum absolute atomic E-state index is 0.0845. The average molecular weight is 351 g/mol. The summed E-state index contributed by atoms with van der Waals surface area (Å²) in [6, 6.07) is 13.9. The van der Waals surface area contributed by atoms with Crippen LogP contribution in [0, 0.1) is 0 Å². The zero-order valence-electron chi connectivity index (χ0n) is 15.3. The summed E-state index contributed by atoms with van der Waals surface area (Å²) >= 11 is 0. The first kappa shape index (κ1) is 18.0. The largest absolute Gasteiger partial charge is 0.497 e. The summed E-state index contributed by atoms with van der Waals surface area (Å²) in [6.07, 6.45) is 6.10. The van der Waals surface area contributed by atoms with E-state index in [4.69, 9.17) is 4.74 Å². The van der Waals surface area contributed by atoms with Crippen LogP contribution >= 0.6 is 0 Å². The molecule has 136 valence electrons. The number of aromatic nitrogens is 2. The Morgan fingerprint density at radius 3 is 2.81 bits per heavy atom. The molecule has 1 N–H and O–H groups in total. The number of methoxy groups -OCH3 is 1. The van der Waals surface area contributed by atoms with E-state index in [9.17, 15) is 4.79 Å². The van der Waals surface area contributed by atoms with Gasteiger partial charge in [-0.15, -0.1) is 0 Å². The number of nitrogens with zero attached hydrogens (tertiary/aromatic N) is 2. The second kappa shape index (κ2) is 8.52. The Morgan fingerprint density at radius 1 is 1.23 bits per heavy atom. The van der Waals surface area contributed by atoms with Gasteiger partial charge in [-0.2, -0.15) is 0 Å². The molecular formula is C21H25N3O2. The summed E-state index contributed by atoms with van der Waals surface area (Å²) in [5, 5.41) is 3.02. The maximum Gasteiger partial charge on any atom is 0.220 e. The number of nitrogens with one attached hydrogen (secondary N) is 1. The number of benzene rings is 1. The molecule has 0 bridgehead atoms. The normalized spacial score (nSPS) is 12.1. The molecule has 3 rings (SSSR count). The molecule has 0 spiro atoms. The van der Waals surface area contributed by atoms with E-state index in [2.05, 4.69) is 21.6 Å². The molecule has 0 saturated carbocycles. The van der Waals surface area contributed by atoms with Gasteiger partial charge in [-0.3, -0.25) is 4.79 Å². The third kappa shape index (κ3) is 4.42. The van der Waals surface area contributed by atoms with Gasteiger partial charge >= 0.3 is 0 Å². The van der Waals surface area contributed by atoms with Crippen LogP contribution in [-0.2, 0) is 11.2 Å². The smallest absolute Gasteiger partial charge is 0.220 e. The molecule has 0 fully saturated rings. The summed E-state index contributed by atoms with van der Waals surface area (Å²) in [7, 11) is 1.65. The van der Waals surface area contributed by atoms with Crippen molar-refractivity contribution >= 4 is 11.4 Å². The molecule has 2 aromatic heterocycles. The van der Waals surface area contributed by atoms with Gasteiger partial charge < -0.3 is 14.5 Å². The van der Waals surface area contributed by atoms with Gasteiger partial charge in [-0.25, -0.2) is 4.98 Å². The summed E-state index contributed by atoms with van der Waals surface area (Å²) < 4.78 is 7.26. The van der Waals surface area contributed by atoms with E-state index in [0.717, 1.165) is 35.5 Å². The summed E-state index contributed by atoms with van der Waals surface area (Å²) in [5.41, 5.74) is 2.24. The van der Waals surface area contributed by atoms with E-state index < -0.39 is 0 Å². The van der Waals surface area contributed by atoms with Gasteiger partial charge in [0.25, 0.3) is 0 Å². The Morgan fingerprint density at radius 2 is 2.04 bits per heavy atom. The van der Waals surface area contributed by atoms with E-state index in [1.807, 2.05) is 54.9 Å². The highest BCUT2D eigenvalue weighted by Crippen LogP contribution is 2.21. The van der Waals surface area contributed by atoms with Crippen molar-refractivity contribution in [2.75, 3.05) is 13.7 Å². The Labute approximate surface area is 154 Å². The molecule has 5 nitrogen and oxygen atoms in total. The van der Waals surface area contributed by atoms with Gasteiger partial charge in [0.05, 0.1) is 18.8 Å². The standard InChI is InChI=1S/C21H25N3O2/c1-16(17-8-10-19(26-2)11-9-17)14-21(25)22-12-5-7-20-23-15-18-6-3-4-13-24(18)20/h3-4,6,8-11,13,15-16H,5,7,12,14H2,1-2H3,(H,22,25). The van der Waals surface area contributed by atoms with Gasteiger partial charge in [0.15, 0.2) is 0 Å². The molecule has 0 aliphatic carbocycles. The molecule has 2 heterocycles. The Hall–Kier alpha value is -2.82. The lowest BCUT2D eigenvalue weighted by atomic mass is 9.97. The van der Waals surface area contributed by atoms with Crippen molar-refractivity contribution in [3.05, 3.63) is 66.2 Å². The number of pyridine rings is 1. The highest BCUT2D eigenvalue weighted by molar-refractivity contribution is 5.76. The molecule has 3 aromatic rings. The molecule has 0 aliphatic rings. The lowest BCUT2D eigenvalue weighted by Gasteiger charge is -2.12. The molecule has 1 atom stereocenters. The number of ether oxygens (including phenoxy) is 1. The van der Waals surface area contributed by atoms with Crippen molar-refractivity contribution in [1.29, 1.82) is 0 Å². The van der Waals surface area contributed by atoms with E-state index in [1.165, 1.54) is 0 Å². The van der Waals surface area contributed by atoms with E-state index in [-0.39, 0.29) is 11.8 Å². The first-order valence-electron chi connectivity index (χ1n) is 8.99. The second-order valence-corrected chi connectivity index (χ2v) is 6.50. The van der Waals surface area contributed by atoms with Gasteiger partial charge in [0.2, 0.25) is 5.91 Å². The highest BCUT2D eigenvalue weighted by Gasteiger charge is 2.11.